The number of esters is 1. The zero-order valence-electron chi connectivity index (χ0n) is 11.3. The standard InChI is InChI=1S/C17H9NO4/c18-10-11-1-3-13(4-2-11)17(20)21-14-7-5-12-6-8-16(19)22-15(12)9-14/h1-9H. The summed E-state index contributed by atoms with van der Waals surface area (Å²) in [5, 5.41) is 9.46. The Kier molecular flexibility index (Phi) is 3.42. The number of nitrogens with zero attached hydrogens (tertiary/aromatic N) is 1. The molecular formula is C17H9NO4. The minimum atomic E-state index is -0.554. The van der Waals surface area contributed by atoms with Gasteiger partial charge >= 0.3 is 11.6 Å². The lowest BCUT2D eigenvalue weighted by Gasteiger charge is -2.05. The van der Waals surface area contributed by atoms with Crippen molar-refractivity contribution in [1.82, 2.24) is 0 Å². The topological polar surface area (TPSA) is 80.3 Å². The summed E-state index contributed by atoms with van der Waals surface area (Å²) in [5.74, 6) is -0.279. The normalized spacial score (nSPS) is 10.1. The Balaban J connectivity index is 1.87. The van der Waals surface area contributed by atoms with Gasteiger partial charge in [0, 0.05) is 17.5 Å². The molecule has 3 aromatic rings. The Morgan fingerprint density at radius 2 is 1.77 bits per heavy atom. The molecule has 0 radical (unpaired) electrons. The average molecular weight is 291 g/mol. The van der Waals surface area contributed by atoms with Gasteiger partial charge in [0.05, 0.1) is 17.2 Å². The summed E-state index contributed by atoms with van der Waals surface area (Å²) < 4.78 is 10.3. The van der Waals surface area contributed by atoms with Crippen molar-refractivity contribution < 1.29 is 13.9 Å². The summed E-state index contributed by atoms with van der Waals surface area (Å²) in [6, 6.07) is 15.8. The third-order valence-corrected chi connectivity index (χ3v) is 3.05. The van der Waals surface area contributed by atoms with Crippen molar-refractivity contribution in [2.45, 2.75) is 0 Å². The molecule has 0 saturated heterocycles. The Hall–Kier alpha value is -3.39. The highest BCUT2D eigenvalue weighted by molar-refractivity contribution is 5.91. The van der Waals surface area contributed by atoms with Crippen LogP contribution in [-0.4, -0.2) is 5.97 Å². The van der Waals surface area contributed by atoms with E-state index in [0.29, 0.717) is 16.7 Å². The lowest BCUT2D eigenvalue weighted by Crippen LogP contribution is -2.08. The van der Waals surface area contributed by atoms with Gasteiger partial charge in [-0.25, -0.2) is 9.59 Å². The second-order valence-corrected chi connectivity index (χ2v) is 4.53. The van der Waals surface area contributed by atoms with Crippen LogP contribution < -0.4 is 10.4 Å². The van der Waals surface area contributed by atoms with Gasteiger partial charge in [0.2, 0.25) is 0 Å². The molecule has 0 bridgehead atoms. The van der Waals surface area contributed by atoms with Crippen LogP contribution in [-0.2, 0) is 0 Å². The van der Waals surface area contributed by atoms with Gasteiger partial charge in [-0.05, 0) is 42.5 Å². The second-order valence-electron chi connectivity index (χ2n) is 4.53. The molecule has 0 atom stereocenters. The minimum absolute atomic E-state index is 0.274. The minimum Gasteiger partial charge on any atom is -0.423 e. The maximum Gasteiger partial charge on any atom is 0.343 e. The first-order valence-electron chi connectivity index (χ1n) is 6.42. The quantitative estimate of drug-likeness (QED) is 0.412. The first-order valence-corrected chi connectivity index (χ1v) is 6.42. The molecule has 0 fully saturated rings. The molecule has 0 saturated carbocycles. The molecule has 1 aromatic heterocycles. The number of ether oxygens (including phenoxy) is 1. The zero-order valence-corrected chi connectivity index (χ0v) is 11.3. The monoisotopic (exact) mass is 291 g/mol. The fourth-order valence-corrected chi connectivity index (χ4v) is 1.95. The highest BCUT2D eigenvalue weighted by atomic mass is 16.5. The van der Waals surface area contributed by atoms with Gasteiger partial charge in [-0.1, -0.05) is 0 Å². The lowest BCUT2D eigenvalue weighted by molar-refractivity contribution is 0.0735. The van der Waals surface area contributed by atoms with Crippen LogP contribution in [0.5, 0.6) is 5.75 Å². The van der Waals surface area contributed by atoms with E-state index in [4.69, 9.17) is 14.4 Å². The largest absolute Gasteiger partial charge is 0.423 e. The van der Waals surface area contributed by atoms with E-state index in [2.05, 4.69) is 0 Å². The molecule has 0 amide bonds. The number of fused-ring (bicyclic) bond motifs is 1. The van der Waals surface area contributed by atoms with Crippen molar-refractivity contribution in [3.8, 4) is 11.8 Å². The van der Waals surface area contributed by atoms with Gasteiger partial charge in [0.25, 0.3) is 0 Å². The molecule has 22 heavy (non-hydrogen) atoms. The van der Waals surface area contributed by atoms with E-state index in [1.807, 2.05) is 6.07 Å². The maximum atomic E-state index is 12.0. The summed E-state index contributed by atoms with van der Waals surface area (Å²) in [6.07, 6.45) is 0. The molecule has 5 heteroatoms. The third-order valence-electron chi connectivity index (χ3n) is 3.05. The van der Waals surface area contributed by atoms with Crippen molar-refractivity contribution in [1.29, 1.82) is 5.26 Å². The Bertz CT molecular complexity index is 949. The molecule has 3 rings (SSSR count). The number of carbonyl (C=O) groups is 1. The summed E-state index contributed by atoms with van der Waals surface area (Å²) in [6.45, 7) is 0. The smallest absolute Gasteiger partial charge is 0.343 e. The zero-order chi connectivity index (χ0) is 15.5. The first kappa shape index (κ1) is 13.6. The van der Waals surface area contributed by atoms with E-state index >= 15 is 0 Å². The fraction of sp³-hybridized carbons (Fsp3) is 0. The van der Waals surface area contributed by atoms with Gasteiger partial charge in [-0.3, -0.25) is 0 Å². The lowest BCUT2D eigenvalue weighted by atomic mass is 10.1. The molecule has 0 spiro atoms. The summed E-state index contributed by atoms with van der Waals surface area (Å²) in [5.41, 5.74) is 0.665. The predicted molar refractivity (Wildman–Crippen MR) is 78.6 cm³/mol. The number of carbonyl (C=O) groups excluding carboxylic acids is 1. The van der Waals surface area contributed by atoms with E-state index in [1.165, 1.54) is 36.4 Å². The summed E-state index contributed by atoms with van der Waals surface area (Å²) in [4.78, 5) is 23.2. The molecule has 0 aliphatic carbocycles. The SMILES string of the molecule is N#Cc1ccc(C(=O)Oc2ccc3ccc(=O)oc3c2)cc1. The van der Waals surface area contributed by atoms with Gasteiger partial charge in [0.1, 0.15) is 11.3 Å². The fourth-order valence-electron chi connectivity index (χ4n) is 1.95. The van der Waals surface area contributed by atoms with E-state index in [1.54, 1.807) is 18.2 Å². The van der Waals surface area contributed by atoms with Crippen LogP contribution in [0.2, 0.25) is 0 Å². The molecule has 1 heterocycles. The highest BCUT2D eigenvalue weighted by Gasteiger charge is 2.09. The Morgan fingerprint density at radius 3 is 2.50 bits per heavy atom. The molecule has 0 N–H and O–H groups in total. The average Bonchev–Trinajstić information content (AvgIpc) is 2.54. The van der Waals surface area contributed by atoms with Gasteiger partial charge in [-0.2, -0.15) is 5.26 Å². The number of hydrogen-bond donors (Lipinski definition) is 0. The molecule has 0 unspecified atom stereocenters. The van der Waals surface area contributed by atoms with Crippen LogP contribution in [0.3, 0.4) is 0 Å². The number of rotatable bonds is 2. The molecule has 5 nitrogen and oxygen atoms in total. The van der Waals surface area contributed by atoms with Crippen molar-refractivity contribution >= 4 is 16.9 Å². The molecule has 106 valence electrons. The van der Waals surface area contributed by atoms with Crippen molar-refractivity contribution in [3.05, 3.63) is 76.1 Å². The van der Waals surface area contributed by atoms with Gasteiger partial charge < -0.3 is 9.15 Å². The van der Waals surface area contributed by atoms with Crippen LogP contribution in [0.15, 0.2) is 63.8 Å². The molecule has 0 aliphatic rings. The molecule has 0 aliphatic heterocycles. The number of benzene rings is 2. The predicted octanol–water partition coefficient (Wildman–Crippen LogP) is 2.88. The molecular weight excluding hydrogens is 282 g/mol. The second kappa shape index (κ2) is 5.54. The van der Waals surface area contributed by atoms with E-state index in [9.17, 15) is 9.59 Å². The van der Waals surface area contributed by atoms with Crippen molar-refractivity contribution in [2.75, 3.05) is 0 Å². The van der Waals surface area contributed by atoms with Crippen LogP contribution in [0, 0.1) is 11.3 Å². The summed E-state index contributed by atoms with van der Waals surface area (Å²) in [7, 11) is 0. The number of hydrogen-bond acceptors (Lipinski definition) is 5. The van der Waals surface area contributed by atoms with E-state index in [0.717, 1.165) is 5.39 Å². The van der Waals surface area contributed by atoms with E-state index < -0.39 is 11.6 Å². The first-order chi connectivity index (χ1) is 10.7. The Morgan fingerprint density at radius 1 is 1.05 bits per heavy atom. The van der Waals surface area contributed by atoms with Crippen LogP contribution in [0.4, 0.5) is 0 Å². The van der Waals surface area contributed by atoms with Crippen molar-refractivity contribution in [2.24, 2.45) is 0 Å². The van der Waals surface area contributed by atoms with Gasteiger partial charge in [0.15, 0.2) is 0 Å². The summed E-state index contributed by atoms with van der Waals surface area (Å²) >= 11 is 0. The van der Waals surface area contributed by atoms with Crippen LogP contribution >= 0.6 is 0 Å². The van der Waals surface area contributed by atoms with E-state index in [-0.39, 0.29) is 5.75 Å². The van der Waals surface area contributed by atoms with Crippen LogP contribution in [0.1, 0.15) is 15.9 Å². The van der Waals surface area contributed by atoms with Gasteiger partial charge in [-0.15, -0.1) is 0 Å². The molecule has 2 aromatic carbocycles. The van der Waals surface area contributed by atoms with Crippen LogP contribution in [0.25, 0.3) is 11.0 Å². The Labute approximate surface area is 125 Å². The highest BCUT2D eigenvalue weighted by Crippen LogP contribution is 2.20. The van der Waals surface area contributed by atoms with Crippen molar-refractivity contribution in [3.63, 3.8) is 0 Å². The third kappa shape index (κ3) is 2.72. The number of nitriles is 1. The maximum absolute atomic E-state index is 12.0.